The van der Waals surface area contributed by atoms with E-state index >= 15 is 0 Å². The highest BCUT2D eigenvalue weighted by molar-refractivity contribution is 6.33. The maximum Gasteiger partial charge on any atom is 0.253 e. The maximum atomic E-state index is 12.9. The number of halogens is 1. The van der Waals surface area contributed by atoms with Crippen LogP contribution in [0.5, 0.6) is 5.75 Å². The fourth-order valence-electron chi connectivity index (χ4n) is 3.61. The van der Waals surface area contributed by atoms with Crippen molar-refractivity contribution in [3.8, 4) is 5.75 Å². The minimum absolute atomic E-state index is 0.00233. The highest BCUT2D eigenvalue weighted by atomic mass is 35.5. The second-order valence-electron chi connectivity index (χ2n) is 6.75. The van der Waals surface area contributed by atoms with Crippen LogP contribution in [0.2, 0.25) is 5.02 Å². The average molecular weight is 358 g/mol. The van der Waals surface area contributed by atoms with E-state index in [4.69, 9.17) is 16.3 Å². The van der Waals surface area contributed by atoms with Gasteiger partial charge in [-0.2, -0.15) is 0 Å². The van der Waals surface area contributed by atoms with Gasteiger partial charge in [0.2, 0.25) is 0 Å². The summed E-state index contributed by atoms with van der Waals surface area (Å²) in [4.78, 5) is 12.9. The molecule has 1 unspecified atom stereocenters. The number of carbonyl (C=O) groups is 1. The van der Waals surface area contributed by atoms with E-state index in [1.54, 1.807) is 13.2 Å². The van der Waals surface area contributed by atoms with Gasteiger partial charge in [0.15, 0.2) is 0 Å². The van der Waals surface area contributed by atoms with Crippen molar-refractivity contribution in [1.82, 2.24) is 5.32 Å². The molecule has 3 nitrogen and oxygen atoms in total. The molecule has 132 valence electrons. The monoisotopic (exact) mass is 357 g/mol. The Hall–Kier alpha value is -2.00. The van der Waals surface area contributed by atoms with Gasteiger partial charge in [0.05, 0.1) is 23.7 Å². The van der Waals surface area contributed by atoms with Gasteiger partial charge in [-0.15, -0.1) is 0 Å². The number of nitrogens with one attached hydrogen (secondary N) is 1. The van der Waals surface area contributed by atoms with Crippen LogP contribution in [0.25, 0.3) is 0 Å². The molecule has 1 saturated carbocycles. The zero-order valence-corrected chi connectivity index (χ0v) is 15.5. The molecule has 1 atom stereocenters. The van der Waals surface area contributed by atoms with E-state index in [2.05, 4.69) is 5.32 Å². The largest absolute Gasteiger partial charge is 0.497 e. The zero-order valence-electron chi connectivity index (χ0n) is 14.7. The van der Waals surface area contributed by atoms with Gasteiger partial charge in [-0.1, -0.05) is 48.2 Å². The van der Waals surface area contributed by atoms with Gasteiger partial charge in [0, 0.05) is 0 Å². The van der Waals surface area contributed by atoms with E-state index in [0.29, 0.717) is 16.5 Å². The number of hydrogen-bond acceptors (Lipinski definition) is 2. The molecule has 0 aliphatic heterocycles. The Morgan fingerprint density at radius 3 is 2.48 bits per heavy atom. The second kappa shape index (κ2) is 7.92. The van der Waals surface area contributed by atoms with Gasteiger partial charge in [0.25, 0.3) is 5.91 Å². The van der Waals surface area contributed by atoms with Crippen molar-refractivity contribution in [3.05, 3.63) is 64.2 Å². The maximum absolute atomic E-state index is 12.9. The highest BCUT2D eigenvalue weighted by Gasteiger charge is 2.28. The summed E-state index contributed by atoms with van der Waals surface area (Å²) in [5, 5.41) is 3.72. The first-order valence-electron chi connectivity index (χ1n) is 8.79. The molecule has 2 aromatic carbocycles. The number of aryl methyl sites for hydroxylation is 1. The Kier molecular flexibility index (Phi) is 5.64. The molecular formula is C21H24ClNO2. The van der Waals surface area contributed by atoms with Crippen molar-refractivity contribution < 1.29 is 9.53 Å². The molecule has 1 aliphatic carbocycles. The molecule has 0 radical (unpaired) electrons. The Labute approximate surface area is 154 Å². The highest BCUT2D eigenvalue weighted by Crippen LogP contribution is 2.36. The molecule has 0 heterocycles. The number of rotatable bonds is 5. The summed E-state index contributed by atoms with van der Waals surface area (Å²) in [6.07, 6.45) is 4.72. The summed E-state index contributed by atoms with van der Waals surface area (Å²) >= 11 is 6.24. The minimum atomic E-state index is -0.110. The molecular weight excluding hydrogens is 334 g/mol. The molecule has 0 spiro atoms. The number of ether oxygens (including phenoxy) is 1. The normalized spacial score (nSPS) is 15.8. The Bertz CT molecular complexity index is 736. The molecule has 1 aliphatic rings. The minimum Gasteiger partial charge on any atom is -0.497 e. The standard InChI is InChI=1S/C21H24ClNO2/c1-14-7-12-19(22)18(13-14)21(24)23-20(15-5-3-4-6-15)16-8-10-17(25-2)11-9-16/h7-13,15,20H,3-6H2,1-2H3,(H,23,24). The van der Waals surface area contributed by atoms with E-state index in [1.807, 2.05) is 43.3 Å². The van der Waals surface area contributed by atoms with Gasteiger partial charge < -0.3 is 10.1 Å². The number of benzene rings is 2. The number of methoxy groups -OCH3 is 1. The topological polar surface area (TPSA) is 38.3 Å². The van der Waals surface area contributed by atoms with Crippen molar-refractivity contribution in [2.24, 2.45) is 5.92 Å². The number of hydrogen-bond donors (Lipinski definition) is 1. The van der Waals surface area contributed by atoms with Gasteiger partial charge in [-0.05, 0) is 55.5 Å². The van der Waals surface area contributed by atoms with Crippen LogP contribution in [0, 0.1) is 12.8 Å². The molecule has 25 heavy (non-hydrogen) atoms. The lowest BCUT2D eigenvalue weighted by Gasteiger charge is -2.26. The first-order valence-corrected chi connectivity index (χ1v) is 9.17. The van der Waals surface area contributed by atoms with E-state index in [-0.39, 0.29) is 11.9 Å². The Balaban J connectivity index is 1.86. The molecule has 0 bridgehead atoms. The molecule has 3 rings (SSSR count). The number of carbonyl (C=O) groups excluding carboxylic acids is 1. The van der Waals surface area contributed by atoms with Crippen molar-refractivity contribution in [2.75, 3.05) is 7.11 Å². The number of amides is 1. The van der Waals surface area contributed by atoms with Crippen molar-refractivity contribution in [3.63, 3.8) is 0 Å². The molecule has 0 aromatic heterocycles. The molecule has 1 amide bonds. The van der Waals surface area contributed by atoms with Gasteiger partial charge in [-0.3, -0.25) is 4.79 Å². The summed E-state index contributed by atoms with van der Waals surface area (Å²) in [5.41, 5.74) is 2.68. The predicted octanol–water partition coefficient (Wildman–Crippen LogP) is 5.32. The van der Waals surface area contributed by atoms with Crippen LogP contribution in [0.1, 0.15) is 53.2 Å². The average Bonchev–Trinajstić information content (AvgIpc) is 3.16. The van der Waals surface area contributed by atoms with Crippen LogP contribution in [0.3, 0.4) is 0 Å². The molecule has 1 fully saturated rings. The second-order valence-corrected chi connectivity index (χ2v) is 7.16. The van der Waals surface area contributed by atoms with E-state index in [0.717, 1.165) is 29.7 Å². The van der Waals surface area contributed by atoms with Gasteiger partial charge in [0.1, 0.15) is 5.75 Å². The van der Waals surface area contributed by atoms with Crippen LogP contribution in [-0.2, 0) is 0 Å². The van der Waals surface area contributed by atoms with Crippen LogP contribution < -0.4 is 10.1 Å². The summed E-state index contributed by atoms with van der Waals surface area (Å²) in [7, 11) is 1.66. The zero-order chi connectivity index (χ0) is 17.8. The third kappa shape index (κ3) is 4.16. The SMILES string of the molecule is COc1ccc(C(NC(=O)c2cc(C)ccc2Cl)C2CCCC2)cc1. The molecule has 0 saturated heterocycles. The third-order valence-electron chi connectivity index (χ3n) is 5.00. The van der Waals surface area contributed by atoms with Crippen LogP contribution in [0.4, 0.5) is 0 Å². The van der Waals surface area contributed by atoms with Crippen molar-refractivity contribution in [1.29, 1.82) is 0 Å². The fraction of sp³-hybridized carbons (Fsp3) is 0.381. The molecule has 4 heteroatoms. The molecule has 1 N–H and O–H groups in total. The van der Waals surface area contributed by atoms with Crippen molar-refractivity contribution >= 4 is 17.5 Å². The first-order chi connectivity index (χ1) is 12.1. The molecule has 2 aromatic rings. The van der Waals surface area contributed by atoms with Crippen molar-refractivity contribution in [2.45, 2.75) is 38.6 Å². The van der Waals surface area contributed by atoms with Gasteiger partial charge in [-0.25, -0.2) is 0 Å². The summed E-state index contributed by atoms with van der Waals surface area (Å²) in [6.45, 7) is 1.96. The van der Waals surface area contributed by atoms with E-state index in [1.165, 1.54) is 12.8 Å². The Morgan fingerprint density at radius 1 is 1.16 bits per heavy atom. The van der Waals surface area contributed by atoms with E-state index in [9.17, 15) is 4.79 Å². The summed E-state index contributed by atoms with van der Waals surface area (Å²) in [5.74, 6) is 1.17. The lowest BCUT2D eigenvalue weighted by atomic mass is 9.91. The van der Waals surface area contributed by atoms with Crippen LogP contribution in [0.15, 0.2) is 42.5 Å². The lowest BCUT2D eigenvalue weighted by Crippen LogP contribution is -2.33. The quantitative estimate of drug-likeness (QED) is 0.786. The first kappa shape index (κ1) is 17.8. The van der Waals surface area contributed by atoms with Crippen LogP contribution >= 0.6 is 11.6 Å². The smallest absolute Gasteiger partial charge is 0.253 e. The van der Waals surface area contributed by atoms with Gasteiger partial charge >= 0.3 is 0 Å². The summed E-state index contributed by atoms with van der Waals surface area (Å²) < 4.78 is 5.25. The third-order valence-corrected chi connectivity index (χ3v) is 5.33. The van der Waals surface area contributed by atoms with E-state index < -0.39 is 0 Å². The van der Waals surface area contributed by atoms with Crippen LogP contribution in [-0.4, -0.2) is 13.0 Å². The fourth-order valence-corrected chi connectivity index (χ4v) is 3.81. The lowest BCUT2D eigenvalue weighted by molar-refractivity contribution is 0.0922. The summed E-state index contributed by atoms with van der Waals surface area (Å²) in [6, 6.07) is 13.5. The predicted molar refractivity (Wildman–Crippen MR) is 101 cm³/mol. The Morgan fingerprint density at radius 2 is 1.84 bits per heavy atom.